The fraction of sp³-hybridized carbons (Fsp3) is 0.238. The molecule has 0 unspecified atom stereocenters. The van der Waals surface area contributed by atoms with Crippen molar-refractivity contribution in [2.75, 3.05) is 18.9 Å². The fourth-order valence-electron chi connectivity index (χ4n) is 2.88. The van der Waals surface area contributed by atoms with Crippen molar-refractivity contribution in [1.82, 2.24) is 4.90 Å². The van der Waals surface area contributed by atoms with Gasteiger partial charge in [0.15, 0.2) is 0 Å². The second-order valence-corrected chi connectivity index (χ2v) is 7.33. The number of benzene rings is 2. The molecule has 28 heavy (non-hydrogen) atoms. The predicted octanol–water partition coefficient (Wildman–Crippen LogP) is 4.94. The van der Waals surface area contributed by atoms with Gasteiger partial charge in [-0.2, -0.15) is 0 Å². The van der Waals surface area contributed by atoms with Gasteiger partial charge in [0.25, 0.3) is 0 Å². The van der Waals surface area contributed by atoms with Crippen LogP contribution >= 0.6 is 23.2 Å². The highest BCUT2D eigenvalue weighted by Crippen LogP contribution is 2.29. The number of aryl methyl sites for hydroxylation is 1. The van der Waals surface area contributed by atoms with Crippen LogP contribution < -0.4 is 5.32 Å². The smallest absolute Gasteiger partial charge is 0.244 e. The first-order valence-corrected chi connectivity index (χ1v) is 9.61. The number of nitrogens with one attached hydrogen (secondary N) is 1. The van der Waals surface area contributed by atoms with Gasteiger partial charge in [-0.25, -0.2) is 0 Å². The lowest BCUT2D eigenvalue weighted by Crippen LogP contribution is -2.35. The molecule has 3 aromatic rings. The number of rotatable bonds is 6. The van der Waals surface area contributed by atoms with Gasteiger partial charge < -0.3 is 14.6 Å². The molecular formula is C21H20Cl2N2O3. The minimum atomic E-state index is -0.379. The van der Waals surface area contributed by atoms with Crippen molar-refractivity contribution in [2.24, 2.45) is 0 Å². The van der Waals surface area contributed by atoms with Gasteiger partial charge >= 0.3 is 0 Å². The average Bonchev–Trinajstić information content (AvgIpc) is 3.06. The summed E-state index contributed by atoms with van der Waals surface area (Å²) in [4.78, 5) is 26.2. The van der Waals surface area contributed by atoms with E-state index in [1.165, 1.54) is 10.5 Å². The highest BCUT2D eigenvalue weighted by Gasteiger charge is 2.17. The maximum absolute atomic E-state index is 12.6. The van der Waals surface area contributed by atoms with E-state index in [2.05, 4.69) is 12.2 Å². The number of nitrogens with zero attached hydrogens (tertiary/aromatic N) is 1. The molecule has 146 valence electrons. The van der Waals surface area contributed by atoms with Gasteiger partial charge in [-0.15, -0.1) is 0 Å². The Labute approximate surface area is 173 Å². The zero-order chi connectivity index (χ0) is 20.3. The van der Waals surface area contributed by atoms with Crippen molar-refractivity contribution in [3.63, 3.8) is 0 Å². The van der Waals surface area contributed by atoms with E-state index in [0.717, 1.165) is 23.0 Å². The van der Waals surface area contributed by atoms with E-state index in [9.17, 15) is 9.59 Å². The molecule has 1 N–H and O–H groups in total. The van der Waals surface area contributed by atoms with Crippen LogP contribution in [0.1, 0.15) is 18.1 Å². The molecular weight excluding hydrogens is 399 g/mol. The minimum absolute atomic E-state index is 0.115. The van der Waals surface area contributed by atoms with Gasteiger partial charge in [0, 0.05) is 18.0 Å². The SMILES string of the molecule is CCc1ccc2c(CC(=O)N(C)CC(=O)Nc3c(Cl)cccc3Cl)coc2c1. The third-order valence-corrected chi connectivity index (χ3v) is 5.13. The standard InChI is InChI=1S/C21H20Cl2N2O3/c1-3-13-7-8-15-14(12-28-18(15)9-13)10-20(27)25(2)11-19(26)24-21-16(22)5-4-6-17(21)23/h4-9,12H,3,10-11H2,1-2H3,(H,24,26). The molecule has 0 spiro atoms. The van der Waals surface area contributed by atoms with Crippen LogP contribution in [0, 0.1) is 0 Å². The summed E-state index contributed by atoms with van der Waals surface area (Å²) in [5, 5.41) is 4.24. The van der Waals surface area contributed by atoms with E-state index in [-0.39, 0.29) is 24.8 Å². The molecule has 0 aliphatic heterocycles. The zero-order valence-electron chi connectivity index (χ0n) is 15.6. The number of halogens is 2. The Balaban J connectivity index is 1.64. The quantitative estimate of drug-likeness (QED) is 0.616. The lowest BCUT2D eigenvalue weighted by atomic mass is 10.1. The molecule has 0 aliphatic rings. The summed E-state index contributed by atoms with van der Waals surface area (Å²) in [5.74, 6) is -0.571. The van der Waals surface area contributed by atoms with Gasteiger partial charge in [0.2, 0.25) is 11.8 Å². The fourth-order valence-corrected chi connectivity index (χ4v) is 3.37. The number of anilines is 1. The van der Waals surface area contributed by atoms with E-state index in [1.807, 2.05) is 18.2 Å². The molecule has 1 aromatic heterocycles. The van der Waals surface area contributed by atoms with Gasteiger partial charge in [0.1, 0.15) is 5.58 Å². The van der Waals surface area contributed by atoms with E-state index in [1.54, 1.807) is 31.5 Å². The Morgan fingerprint density at radius 2 is 1.86 bits per heavy atom. The predicted molar refractivity (Wildman–Crippen MR) is 112 cm³/mol. The van der Waals surface area contributed by atoms with Crippen molar-refractivity contribution in [1.29, 1.82) is 0 Å². The van der Waals surface area contributed by atoms with Gasteiger partial charge in [-0.1, -0.05) is 48.3 Å². The molecule has 0 radical (unpaired) electrons. The second kappa shape index (κ2) is 8.67. The first-order valence-electron chi connectivity index (χ1n) is 8.86. The number of amides is 2. The number of para-hydroxylation sites is 1. The number of furan rings is 1. The molecule has 0 aliphatic carbocycles. The highest BCUT2D eigenvalue weighted by atomic mass is 35.5. The molecule has 3 rings (SSSR count). The van der Waals surface area contributed by atoms with Gasteiger partial charge in [0.05, 0.1) is 35.0 Å². The van der Waals surface area contributed by atoms with Crippen LogP contribution in [0.5, 0.6) is 0 Å². The monoisotopic (exact) mass is 418 g/mol. The molecule has 5 nitrogen and oxygen atoms in total. The molecule has 2 aromatic carbocycles. The second-order valence-electron chi connectivity index (χ2n) is 6.52. The van der Waals surface area contributed by atoms with Crippen molar-refractivity contribution in [3.8, 4) is 0 Å². The van der Waals surface area contributed by atoms with Crippen LogP contribution in [0.25, 0.3) is 11.0 Å². The Hall–Kier alpha value is -2.50. The maximum Gasteiger partial charge on any atom is 0.244 e. The summed E-state index contributed by atoms with van der Waals surface area (Å²) in [6, 6.07) is 10.9. The minimum Gasteiger partial charge on any atom is -0.464 e. The van der Waals surface area contributed by atoms with Crippen molar-refractivity contribution in [3.05, 3.63) is 63.8 Å². The van der Waals surface area contributed by atoms with E-state index >= 15 is 0 Å². The number of carbonyl (C=O) groups excluding carboxylic acids is 2. The van der Waals surface area contributed by atoms with Crippen molar-refractivity contribution < 1.29 is 14.0 Å². The Morgan fingerprint density at radius 1 is 1.14 bits per heavy atom. The highest BCUT2D eigenvalue weighted by molar-refractivity contribution is 6.39. The number of fused-ring (bicyclic) bond motifs is 1. The number of carbonyl (C=O) groups is 2. The summed E-state index contributed by atoms with van der Waals surface area (Å²) in [7, 11) is 1.58. The molecule has 0 saturated carbocycles. The summed E-state index contributed by atoms with van der Waals surface area (Å²) >= 11 is 12.1. The lowest BCUT2D eigenvalue weighted by molar-refractivity contribution is -0.132. The summed E-state index contributed by atoms with van der Waals surface area (Å²) in [6.45, 7) is 1.96. The van der Waals surface area contributed by atoms with Crippen LogP contribution in [0.4, 0.5) is 5.69 Å². The van der Waals surface area contributed by atoms with E-state index in [0.29, 0.717) is 15.7 Å². The molecule has 0 saturated heterocycles. The molecule has 0 fully saturated rings. The molecule has 7 heteroatoms. The summed E-state index contributed by atoms with van der Waals surface area (Å²) in [6.07, 6.45) is 2.66. The lowest BCUT2D eigenvalue weighted by Gasteiger charge is -2.17. The Morgan fingerprint density at radius 3 is 2.54 bits per heavy atom. The molecule has 0 atom stereocenters. The van der Waals surface area contributed by atoms with Crippen molar-refractivity contribution >= 4 is 51.7 Å². The maximum atomic E-state index is 12.6. The molecule has 0 bridgehead atoms. The van der Waals surface area contributed by atoms with E-state index in [4.69, 9.17) is 27.6 Å². The van der Waals surface area contributed by atoms with E-state index < -0.39 is 0 Å². The Bertz CT molecular complexity index is 1010. The van der Waals surface area contributed by atoms with Gasteiger partial charge in [-0.3, -0.25) is 9.59 Å². The van der Waals surface area contributed by atoms with Crippen molar-refractivity contribution in [2.45, 2.75) is 19.8 Å². The van der Waals surface area contributed by atoms with Crippen LogP contribution in [-0.4, -0.2) is 30.3 Å². The first-order chi connectivity index (χ1) is 13.4. The van der Waals surface area contributed by atoms with Crippen LogP contribution in [0.2, 0.25) is 10.0 Å². The van der Waals surface area contributed by atoms with Crippen LogP contribution in [0.3, 0.4) is 0 Å². The normalized spacial score (nSPS) is 10.9. The number of likely N-dealkylation sites (N-methyl/N-ethyl adjacent to an activating group) is 1. The third-order valence-electron chi connectivity index (χ3n) is 4.50. The van der Waals surface area contributed by atoms with Gasteiger partial charge in [-0.05, 0) is 30.2 Å². The largest absolute Gasteiger partial charge is 0.464 e. The summed E-state index contributed by atoms with van der Waals surface area (Å²) in [5.41, 5.74) is 3.07. The number of hydrogen-bond donors (Lipinski definition) is 1. The topological polar surface area (TPSA) is 62.6 Å². The zero-order valence-corrected chi connectivity index (χ0v) is 17.1. The van der Waals surface area contributed by atoms with Crippen LogP contribution in [0.15, 0.2) is 47.1 Å². The molecule has 1 heterocycles. The first kappa shape index (κ1) is 20.2. The van der Waals surface area contributed by atoms with Crippen LogP contribution in [-0.2, 0) is 22.4 Å². The summed E-state index contributed by atoms with van der Waals surface area (Å²) < 4.78 is 5.58. The molecule has 2 amide bonds. The Kier molecular flexibility index (Phi) is 6.27. The average molecular weight is 419 g/mol. The third kappa shape index (κ3) is 4.49. The number of hydrogen-bond acceptors (Lipinski definition) is 3.